The van der Waals surface area contributed by atoms with Gasteiger partial charge in [-0.2, -0.15) is 0 Å². The molecular weight excluding hydrogens is 242 g/mol. The molecule has 4 heteroatoms. The van der Waals surface area contributed by atoms with Gasteiger partial charge < -0.3 is 9.64 Å². The summed E-state index contributed by atoms with van der Waals surface area (Å²) in [6.07, 6.45) is 3.46. The Hall–Kier alpha value is -1.06. The second-order valence-electron chi connectivity index (χ2n) is 6.41. The molecule has 4 nitrogen and oxygen atoms in total. The highest BCUT2D eigenvalue weighted by molar-refractivity contribution is 5.86. The van der Waals surface area contributed by atoms with Crippen molar-refractivity contribution < 1.29 is 14.3 Å². The van der Waals surface area contributed by atoms with E-state index in [-0.39, 0.29) is 23.8 Å². The molecule has 1 rings (SSSR count). The van der Waals surface area contributed by atoms with Crippen molar-refractivity contribution in [1.29, 1.82) is 0 Å². The summed E-state index contributed by atoms with van der Waals surface area (Å²) in [5, 5.41) is 0. The van der Waals surface area contributed by atoms with Crippen molar-refractivity contribution in [3.05, 3.63) is 0 Å². The van der Waals surface area contributed by atoms with E-state index >= 15 is 0 Å². The largest absolute Gasteiger partial charge is 0.458 e. The molecule has 1 fully saturated rings. The fourth-order valence-electron chi connectivity index (χ4n) is 2.48. The first-order valence-corrected chi connectivity index (χ1v) is 7.29. The van der Waals surface area contributed by atoms with Crippen LogP contribution in [0.5, 0.6) is 0 Å². The van der Waals surface area contributed by atoms with Crippen LogP contribution < -0.4 is 0 Å². The number of carbonyl (C=O) groups is 2. The maximum Gasteiger partial charge on any atom is 0.329 e. The van der Waals surface area contributed by atoms with E-state index in [0.717, 1.165) is 25.7 Å². The third-order valence-electron chi connectivity index (χ3n) is 3.36. The van der Waals surface area contributed by atoms with Gasteiger partial charge in [-0.1, -0.05) is 20.3 Å². The molecule has 1 unspecified atom stereocenters. The molecule has 1 amide bonds. The Morgan fingerprint density at radius 1 is 1.37 bits per heavy atom. The van der Waals surface area contributed by atoms with Crippen molar-refractivity contribution >= 4 is 11.9 Å². The van der Waals surface area contributed by atoms with E-state index in [2.05, 4.69) is 6.92 Å². The molecule has 0 saturated carbocycles. The van der Waals surface area contributed by atoms with Gasteiger partial charge in [-0.25, -0.2) is 4.79 Å². The molecule has 1 saturated heterocycles. The second kappa shape index (κ2) is 6.40. The van der Waals surface area contributed by atoms with Crippen molar-refractivity contribution in [3.8, 4) is 0 Å². The molecule has 2 atom stereocenters. The van der Waals surface area contributed by atoms with E-state index in [1.54, 1.807) is 4.90 Å². The number of nitrogens with zero attached hydrogens (tertiary/aromatic N) is 1. The Morgan fingerprint density at radius 3 is 2.53 bits per heavy atom. The Kier molecular flexibility index (Phi) is 5.39. The van der Waals surface area contributed by atoms with Gasteiger partial charge in [0.25, 0.3) is 0 Å². The van der Waals surface area contributed by atoms with Gasteiger partial charge in [-0.05, 0) is 40.0 Å². The predicted octanol–water partition coefficient (Wildman–Crippen LogP) is 2.76. The summed E-state index contributed by atoms with van der Waals surface area (Å²) in [4.78, 5) is 26.2. The van der Waals surface area contributed by atoms with Crippen LogP contribution >= 0.6 is 0 Å². The summed E-state index contributed by atoms with van der Waals surface area (Å²) in [6, 6.07) is -0.383. The standard InChI is InChI=1S/C15H27NO3/c1-6-8-11(2)13(17)16-10-7-9-12(16)14(18)19-15(3,4)5/h11-12H,6-10H2,1-5H3/t11?,12-/m1/s1. The molecule has 0 spiro atoms. The van der Waals surface area contributed by atoms with Gasteiger partial charge in [0.15, 0.2) is 0 Å². The first-order chi connectivity index (χ1) is 8.76. The van der Waals surface area contributed by atoms with E-state index < -0.39 is 5.60 Å². The van der Waals surface area contributed by atoms with Gasteiger partial charge in [-0.15, -0.1) is 0 Å². The van der Waals surface area contributed by atoms with Crippen molar-refractivity contribution in [3.63, 3.8) is 0 Å². The lowest BCUT2D eigenvalue weighted by Crippen LogP contribution is -2.45. The highest BCUT2D eigenvalue weighted by Crippen LogP contribution is 2.24. The minimum atomic E-state index is -0.497. The monoisotopic (exact) mass is 269 g/mol. The highest BCUT2D eigenvalue weighted by Gasteiger charge is 2.37. The van der Waals surface area contributed by atoms with Crippen LogP contribution in [0.3, 0.4) is 0 Å². The third kappa shape index (κ3) is 4.51. The van der Waals surface area contributed by atoms with Crippen LogP contribution in [0.4, 0.5) is 0 Å². The molecule has 0 aromatic heterocycles. The van der Waals surface area contributed by atoms with Crippen LogP contribution in [0.25, 0.3) is 0 Å². The normalized spacial score (nSPS) is 21.3. The zero-order valence-electron chi connectivity index (χ0n) is 12.9. The molecule has 0 aromatic carbocycles. The Balaban J connectivity index is 2.68. The van der Waals surface area contributed by atoms with Crippen molar-refractivity contribution in [2.45, 2.75) is 71.9 Å². The average molecular weight is 269 g/mol. The summed E-state index contributed by atoms with van der Waals surface area (Å²) in [7, 11) is 0. The molecule has 19 heavy (non-hydrogen) atoms. The summed E-state index contributed by atoms with van der Waals surface area (Å²) in [6.45, 7) is 10.2. The van der Waals surface area contributed by atoms with Crippen LogP contribution in [0.2, 0.25) is 0 Å². The Bertz CT molecular complexity index is 333. The third-order valence-corrected chi connectivity index (χ3v) is 3.36. The quantitative estimate of drug-likeness (QED) is 0.737. The van der Waals surface area contributed by atoms with E-state index in [9.17, 15) is 9.59 Å². The molecule has 0 radical (unpaired) electrons. The van der Waals surface area contributed by atoms with Crippen LogP contribution in [-0.2, 0) is 14.3 Å². The van der Waals surface area contributed by atoms with E-state index in [0.29, 0.717) is 6.54 Å². The lowest BCUT2D eigenvalue weighted by atomic mass is 10.0. The Labute approximate surface area is 116 Å². The van der Waals surface area contributed by atoms with Crippen LogP contribution in [0.1, 0.15) is 60.3 Å². The lowest BCUT2D eigenvalue weighted by molar-refractivity contribution is -0.163. The van der Waals surface area contributed by atoms with Gasteiger partial charge in [0.05, 0.1) is 0 Å². The number of likely N-dealkylation sites (tertiary alicyclic amines) is 1. The van der Waals surface area contributed by atoms with E-state index in [1.165, 1.54) is 0 Å². The summed E-state index contributed by atoms with van der Waals surface area (Å²) in [5.74, 6) is -0.176. The van der Waals surface area contributed by atoms with E-state index in [1.807, 2.05) is 27.7 Å². The predicted molar refractivity (Wildman–Crippen MR) is 74.7 cm³/mol. The fourth-order valence-corrected chi connectivity index (χ4v) is 2.48. The molecule has 0 N–H and O–H groups in total. The number of hydrogen-bond acceptors (Lipinski definition) is 3. The summed E-state index contributed by atoms with van der Waals surface area (Å²) < 4.78 is 5.41. The van der Waals surface area contributed by atoms with Crippen molar-refractivity contribution in [2.75, 3.05) is 6.54 Å². The number of ether oxygens (including phenoxy) is 1. The average Bonchev–Trinajstić information content (AvgIpc) is 2.74. The summed E-state index contributed by atoms with van der Waals surface area (Å²) >= 11 is 0. The Morgan fingerprint density at radius 2 is 2.00 bits per heavy atom. The molecule has 0 bridgehead atoms. The molecule has 0 aliphatic carbocycles. The first kappa shape index (κ1) is 16.0. The zero-order valence-corrected chi connectivity index (χ0v) is 12.9. The lowest BCUT2D eigenvalue weighted by Gasteiger charge is -2.29. The SMILES string of the molecule is CCCC(C)C(=O)N1CCC[C@@H]1C(=O)OC(C)(C)C. The number of amides is 1. The first-order valence-electron chi connectivity index (χ1n) is 7.29. The van der Waals surface area contributed by atoms with Crippen LogP contribution in [-0.4, -0.2) is 35.0 Å². The fraction of sp³-hybridized carbons (Fsp3) is 0.867. The highest BCUT2D eigenvalue weighted by atomic mass is 16.6. The molecule has 110 valence electrons. The zero-order chi connectivity index (χ0) is 14.6. The molecule has 1 heterocycles. The molecule has 0 aromatic rings. The van der Waals surface area contributed by atoms with E-state index in [4.69, 9.17) is 4.74 Å². The van der Waals surface area contributed by atoms with Gasteiger partial charge in [0.2, 0.25) is 5.91 Å². The van der Waals surface area contributed by atoms with Gasteiger partial charge >= 0.3 is 5.97 Å². The molecule has 1 aliphatic rings. The maximum atomic E-state index is 12.3. The smallest absolute Gasteiger partial charge is 0.329 e. The summed E-state index contributed by atoms with van der Waals surface area (Å²) in [5.41, 5.74) is -0.497. The van der Waals surface area contributed by atoms with Gasteiger partial charge in [0, 0.05) is 12.5 Å². The minimum absolute atomic E-state index is 0.00645. The number of carbonyl (C=O) groups excluding carboxylic acids is 2. The van der Waals surface area contributed by atoms with Crippen molar-refractivity contribution in [2.24, 2.45) is 5.92 Å². The minimum Gasteiger partial charge on any atom is -0.458 e. The number of esters is 1. The topological polar surface area (TPSA) is 46.6 Å². The number of hydrogen-bond donors (Lipinski definition) is 0. The number of rotatable bonds is 4. The van der Waals surface area contributed by atoms with Crippen molar-refractivity contribution in [1.82, 2.24) is 4.90 Å². The molecule has 1 aliphatic heterocycles. The van der Waals surface area contributed by atoms with Crippen LogP contribution in [0, 0.1) is 5.92 Å². The molecular formula is C15H27NO3. The van der Waals surface area contributed by atoms with Crippen LogP contribution in [0.15, 0.2) is 0 Å². The maximum absolute atomic E-state index is 12.3. The van der Waals surface area contributed by atoms with Gasteiger partial charge in [-0.3, -0.25) is 4.79 Å². The van der Waals surface area contributed by atoms with Gasteiger partial charge in [0.1, 0.15) is 11.6 Å². The second-order valence-corrected chi connectivity index (χ2v) is 6.41.